The summed E-state index contributed by atoms with van der Waals surface area (Å²) in [5, 5.41) is 3.24. The SMILES string of the molecule is Cc1ccc(Br)cc1CCNCBr. The Morgan fingerprint density at radius 3 is 2.85 bits per heavy atom. The first kappa shape index (κ1) is 11.2. The fraction of sp³-hybridized carbons (Fsp3) is 0.400. The van der Waals surface area contributed by atoms with Crippen LogP contribution >= 0.6 is 31.9 Å². The van der Waals surface area contributed by atoms with E-state index in [1.54, 1.807) is 0 Å². The molecule has 0 fully saturated rings. The average Bonchev–Trinajstić information content (AvgIpc) is 2.11. The van der Waals surface area contributed by atoms with Crippen LogP contribution in [0.4, 0.5) is 0 Å². The van der Waals surface area contributed by atoms with Gasteiger partial charge in [-0.2, -0.15) is 0 Å². The summed E-state index contributed by atoms with van der Waals surface area (Å²) in [7, 11) is 0. The minimum Gasteiger partial charge on any atom is -0.307 e. The summed E-state index contributed by atoms with van der Waals surface area (Å²) in [6.45, 7) is 3.17. The molecule has 0 aliphatic rings. The van der Waals surface area contributed by atoms with E-state index in [-0.39, 0.29) is 0 Å². The Kier molecular flexibility index (Phi) is 4.99. The van der Waals surface area contributed by atoms with Crippen molar-refractivity contribution in [3.05, 3.63) is 33.8 Å². The highest BCUT2D eigenvalue weighted by atomic mass is 79.9. The fourth-order valence-electron chi connectivity index (χ4n) is 1.20. The number of aryl methyl sites for hydroxylation is 1. The molecule has 1 rings (SSSR count). The van der Waals surface area contributed by atoms with Gasteiger partial charge in [0.15, 0.2) is 0 Å². The fourth-order valence-corrected chi connectivity index (χ4v) is 1.89. The summed E-state index contributed by atoms with van der Waals surface area (Å²) < 4.78 is 1.16. The van der Waals surface area contributed by atoms with Crippen LogP contribution in [0.2, 0.25) is 0 Å². The first-order valence-corrected chi connectivity index (χ1v) is 6.17. The van der Waals surface area contributed by atoms with Crippen molar-refractivity contribution in [1.82, 2.24) is 5.32 Å². The number of rotatable bonds is 4. The summed E-state index contributed by atoms with van der Waals surface area (Å²) >= 11 is 6.81. The molecule has 3 heteroatoms. The molecular weight excluding hydrogens is 294 g/mol. The minimum absolute atomic E-state index is 0.861. The van der Waals surface area contributed by atoms with Crippen molar-refractivity contribution in [3.8, 4) is 0 Å². The smallest absolute Gasteiger partial charge is 0.0517 e. The normalized spacial score (nSPS) is 10.4. The number of benzene rings is 1. The third-order valence-electron chi connectivity index (χ3n) is 1.98. The van der Waals surface area contributed by atoms with E-state index in [0.717, 1.165) is 22.9 Å². The van der Waals surface area contributed by atoms with E-state index >= 15 is 0 Å². The largest absolute Gasteiger partial charge is 0.307 e. The minimum atomic E-state index is 0.861. The van der Waals surface area contributed by atoms with Crippen LogP contribution < -0.4 is 5.32 Å². The molecule has 0 saturated carbocycles. The van der Waals surface area contributed by atoms with Crippen LogP contribution in [0.5, 0.6) is 0 Å². The maximum Gasteiger partial charge on any atom is 0.0517 e. The summed E-state index contributed by atoms with van der Waals surface area (Å²) in [5.74, 6) is 0. The molecule has 0 aliphatic heterocycles. The zero-order valence-electron chi connectivity index (χ0n) is 7.61. The highest BCUT2D eigenvalue weighted by Gasteiger charge is 1.98. The van der Waals surface area contributed by atoms with Crippen molar-refractivity contribution in [2.24, 2.45) is 0 Å². The molecule has 0 amide bonds. The van der Waals surface area contributed by atoms with E-state index in [1.165, 1.54) is 11.1 Å². The van der Waals surface area contributed by atoms with Crippen molar-refractivity contribution >= 4 is 31.9 Å². The Bertz CT molecular complexity index is 274. The van der Waals surface area contributed by atoms with Gasteiger partial charge in [0.25, 0.3) is 0 Å². The quantitative estimate of drug-likeness (QED) is 0.511. The Hall–Kier alpha value is 0.140. The Balaban J connectivity index is 2.59. The number of nitrogens with one attached hydrogen (secondary N) is 1. The number of hydrogen-bond donors (Lipinski definition) is 1. The van der Waals surface area contributed by atoms with Crippen molar-refractivity contribution in [2.45, 2.75) is 13.3 Å². The second kappa shape index (κ2) is 5.78. The van der Waals surface area contributed by atoms with Gasteiger partial charge in [0.05, 0.1) is 5.45 Å². The van der Waals surface area contributed by atoms with Crippen LogP contribution in [0, 0.1) is 6.92 Å². The lowest BCUT2D eigenvalue weighted by Gasteiger charge is -2.06. The van der Waals surface area contributed by atoms with E-state index in [4.69, 9.17) is 0 Å². The van der Waals surface area contributed by atoms with Crippen LogP contribution in [-0.2, 0) is 6.42 Å². The van der Waals surface area contributed by atoms with E-state index in [2.05, 4.69) is 62.3 Å². The molecule has 0 heterocycles. The van der Waals surface area contributed by atoms with E-state index < -0.39 is 0 Å². The van der Waals surface area contributed by atoms with Gasteiger partial charge in [-0.1, -0.05) is 37.9 Å². The van der Waals surface area contributed by atoms with Crippen LogP contribution in [0.15, 0.2) is 22.7 Å². The van der Waals surface area contributed by atoms with Crippen LogP contribution in [0.25, 0.3) is 0 Å². The predicted molar refractivity (Wildman–Crippen MR) is 64.4 cm³/mol. The van der Waals surface area contributed by atoms with Gasteiger partial charge in [-0.05, 0) is 43.1 Å². The van der Waals surface area contributed by atoms with E-state index in [1.807, 2.05) is 0 Å². The van der Waals surface area contributed by atoms with Gasteiger partial charge in [-0.15, -0.1) is 0 Å². The second-order valence-electron chi connectivity index (χ2n) is 2.95. The second-order valence-corrected chi connectivity index (χ2v) is 4.43. The van der Waals surface area contributed by atoms with Crippen LogP contribution in [0.1, 0.15) is 11.1 Å². The number of hydrogen-bond acceptors (Lipinski definition) is 1. The van der Waals surface area contributed by atoms with Gasteiger partial charge in [0, 0.05) is 4.47 Å². The topological polar surface area (TPSA) is 12.0 Å². The zero-order valence-corrected chi connectivity index (χ0v) is 10.8. The molecule has 0 unspecified atom stereocenters. The average molecular weight is 307 g/mol. The predicted octanol–water partition coefficient (Wildman–Crippen LogP) is 3.24. The maximum atomic E-state index is 3.48. The van der Waals surface area contributed by atoms with Crippen molar-refractivity contribution in [1.29, 1.82) is 0 Å². The van der Waals surface area contributed by atoms with Gasteiger partial charge in [0.1, 0.15) is 0 Å². The number of alkyl halides is 1. The molecule has 0 spiro atoms. The van der Waals surface area contributed by atoms with E-state index in [9.17, 15) is 0 Å². The van der Waals surface area contributed by atoms with Crippen molar-refractivity contribution in [2.75, 3.05) is 12.0 Å². The first-order valence-electron chi connectivity index (χ1n) is 4.25. The van der Waals surface area contributed by atoms with Crippen molar-refractivity contribution in [3.63, 3.8) is 0 Å². The summed E-state index contributed by atoms with van der Waals surface area (Å²) in [5.41, 5.74) is 3.63. The molecule has 0 aliphatic carbocycles. The Morgan fingerprint density at radius 2 is 2.15 bits per heavy atom. The molecule has 1 N–H and O–H groups in total. The molecule has 0 bridgehead atoms. The molecule has 1 aromatic rings. The van der Waals surface area contributed by atoms with Gasteiger partial charge in [0.2, 0.25) is 0 Å². The molecule has 13 heavy (non-hydrogen) atoms. The zero-order chi connectivity index (χ0) is 9.68. The first-order chi connectivity index (χ1) is 6.24. The van der Waals surface area contributed by atoms with Gasteiger partial charge >= 0.3 is 0 Å². The molecule has 0 atom stereocenters. The molecule has 1 aromatic carbocycles. The monoisotopic (exact) mass is 305 g/mol. The Labute approximate surface area is 96.2 Å². The lowest BCUT2D eigenvalue weighted by atomic mass is 10.1. The summed E-state index contributed by atoms with van der Waals surface area (Å²) in [4.78, 5) is 0. The van der Waals surface area contributed by atoms with Crippen LogP contribution in [-0.4, -0.2) is 12.0 Å². The molecule has 72 valence electrons. The summed E-state index contributed by atoms with van der Waals surface area (Å²) in [6.07, 6.45) is 1.08. The molecule has 1 nitrogen and oxygen atoms in total. The highest BCUT2D eigenvalue weighted by molar-refractivity contribution is 9.10. The molecular formula is C10H13Br2N. The van der Waals surface area contributed by atoms with Gasteiger partial charge in [-0.3, -0.25) is 0 Å². The summed E-state index contributed by atoms with van der Waals surface area (Å²) in [6, 6.07) is 6.41. The molecule has 0 radical (unpaired) electrons. The number of halogens is 2. The standard InChI is InChI=1S/C10H13Br2N/c1-8-2-3-10(12)6-9(8)4-5-13-7-11/h2-3,6,13H,4-5,7H2,1H3. The lowest BCUT2D eigenvalue weighted by molar-refractivity contribution is 0.776. The Morgan fingerprint density at radius 1 is 1.38 bits per heavy atom. The molecule has 0 saturated heterocycles. The maximum absolute atomic E-state index is 3.48. The molecule has 0 aromatic heterocycles. The third kappa shape index (κ3) is 3.79. The van der Waals surface area contributed by atoms with E-state index in [0.29, 0.717) is 0 Å². The van der Waals surface area contributed by atoms with Gasteiger partial charge in [-0.25, -0.2) is 0 Å². The highest BCUT2D eigenvalue weighted by Crippen LogP contribution is 2.16. The van der Waals surface area contributed by atoms with Crippen molar-refractivity contribution < 1.29 is 0 Å². The van der Waals surface area contributed by atoms with Crippen LogP contribution in [0.3, 0.4) is 0 Å². The van der Waals surface area contributed by atoms with Gasteiger partial charge < -0.3 is 5.32 Å². The lowest BCUT2D eigenvalue weighted by Crippen LogP contribution is -2.14. The third-order valence-corrected chi connectivity index (χ3v) is 2.87.